The van der Waals surface area contributed by atoms with Crippen molar-refractivity contribution in [3.05, 3.63) is 48.1 Å². The number of allylic oxidation sites excluding steroid dienone is 7. The summed E-state index contributed by atoms with van der Waals surface area (Å²) in [5.41, 5.74) is 0.0266. The molecule has 3 saturated carbocycles. The highest BCUT2D eigenvalue weighted by Gasteiger charge is 2.66. The number of aliphatic hydroxyl groups excluding tert-OH is 1. The highest BCUT2D eigenvalue weighted by Crippen LogP contribution is 2.68. The van der Waals surface area contributed by atoms with Crippen LogP contribution < -0.4 is 0 Å². The van der Waals surface area contributed by atoms with Crippen LogP contribution >= 0.6 is 0 Å². The second-order valence-corrected chi connectivity index (χ2v) is 18.0. The monoisotopic (exact) mass is 693 g/mol. The van der Waals surface area contributed by atoms with E-state index < -0.39 is 23.2 Å². The number of esters is 1. The largest absolute Gasteiger partial charge is 0.455 e. The maximum absolute atomic E-state index is 13.4. The first-order valence-electron chi connectivity index (χ1n) is 21.2. The molecule has 0 aromatic rings. The Bertz CT molecular complexity index is 1180. The molecule has 0 bridgehead atoms. The van der Waals surface area contributed by atoms with Gasteiger partial charge in [-0.3, -0.25) is 4.79 Å². The summed E-state index contributed by atoms with van der Waals surface area (Å²) in [7, 11) is 0. The minimum atomic E-state index is -1.23. The molecule has 10 atom stereocenters. The van der Waals surface area contributed by atoms with Crippen molar-refractivity contribution in [2.24, 2.45) is 46.3 Å². The summed E-state index contributed by atoms with van der Waals surface area (Å²) in [6.07, 6.45) is 34.5. The lowest BCUT2D eigenvalue weighted by atomic mass is 9.45. The molecule has 0 aromatic carbocycles. The van der Waals surface area contributed by atoms with Gasteiger partial charge in [0.25, 0.3) is 0 Å². The molecule has 3 fully saturated rings. The average molecular weight is 693 g/mol. The molecular weight excluding hydrogens is 617 g/mol. The molecule has 4 heteroatoms. The van der Waals surface area contributed by atoms with Crippen LogP contribution in [0.1, 0.15) is 170 Å². The molecule has 0 amide bonds. The predicted octanol–water partition coefficient (Wildman–Crippen LogP) is 11.9. The normalized spacial score (nSPS) is 35.3. The van der Waals surface area contributed by atoms with Crippen molar-refractivity contribution in [3.63, 3.8) is 0 Å². The van der Waals surface area contributed by atoms with E-state index in [1.54, 1.807) is 0 Å². The van der Waals surface area contributed by atoms with Crippen molar-refractivity contribution in [2.45, 2.75) is 188 Å². The molecule has 4 rings (SSSR count). The Balaban J connectivity index is 1.32. The number of aliphatic hydroxyl groups is 2. The number of hydrogen-bond acceptors (Lipinski definition) is 4. The Hall–Kier alpha value is -1.65. The van der Waals surface area contributed by atoms with Crippen molar-refractivity contribution in [2.75, 3.05) is 0 Å². The van der Waals surface area contributed by atoms with E-state index in [0.29, 0.717) is 42.4 Å². The lowest BCUT2D eigenvalue weighted by molar-refractivity contribution is -0.222. The van der Waals surface area contributed by atoms with Crippen LogP contribution in [-0.2, 0) is 9.53 Å². The number of hydrogen-bond donors (Lipinski definition) is 2. The Morgan fingerprint density at radius 3 is 2.24 bits per heavy atom. The Kier molecular flexibility index (Phi) is 15.5. The summed E-state index contributed by atoms with van der Waals surface area (Å²) >= 11 is 0. The third kappa shape index (κ3) is 9.66. The molecule has 0 aliphatic heterocycles. The molecule has 0 aromatic heterocycles. The molecule has 2 N–H and O–H groups in total. The van der Waals surface area contributed by atoms with Gasteiger partial charge >= 0.3 is 5.97 Å². The van der Waals surface area contributed by atoms with Gasteiger partial charge in [-0.25, -0.2) is 0 Å². The lowest BCUT2D eigenvalue weighted by Crippen LogP contribution is -2.66. The fraction of sp³-hybridized carbons (Fsp3) is 0.804. The summed E-state index contributed by atoms with van der Waals surface area (Å²) < 4.78 is 6.29. The SMILES string of the molecule is CCCC/C=C\C/C=C\CCCCCCCCC(=O)O[C@H]1C=C2[C@@H]3CC[C@H]([C@H](C)/C=C/[C@H](C)C(C)C)[C@@]3(C)CC[C@@H]2[C@@]2(C)CC[C@H](O)C[C@]12O. The second-order valence-electron chi connectivity index (χ2n) is 18.0. The van der Waals surface area contributed by atoms with E-state index >= 15 is 0 Å². The van der Waals surface area contributed by atoms with Crippen molar-refractivity contribution in [1.82, 2.24) is 0 Å². The third-order valence-corrected chi connectivity index (χ3v) is 14.3. The lowest BCUT2D eigenvalue weighted by Gasteiger charge is -2.62. The van der Waals surface area contributed by atoms with Gasteiger partial charge in [0.05, 0.1) is 6.10 Å². The Morgan fingerprint density at radius 2 is 1.54 bits per heavy atom. The second kappa shape index (κ2) is 18.9. The van der Waals surface area contributed by atoms with E-state index in [9.17, 15) is 15.0 Å². The number of rotatable bonds is 19. The van der Waals surface area contributed by atoms with Gasteiger partial charge in [0.15, 0.2) is 0 Å². The number of fused-ring (bicyclic) bond motifs is 5. The third-order valence-electron chi connectivity index (χ3n) is 14.3. The predicted molar refractivity (Wildman–Crippen MR) is 210 cm³/mol. The number of ether oxygens (including phenoxy) is 1. The van der Waals surface area contributed by atoms with Crippen molar-refractivity contribution in [1.29, 1.82) is 0 Å². The van der Waals surface area contributed by atoms with Crippen LogP contribution in [0.2, 0.25) is 0 Å². The van der Waals surface area contributed by atoms with Gasteiger partial charge in [-0.1, -0.05) is 129 Å². The summed E-state index contributed by atoms with van der Waals surface area (Å²) in [4.78, 5) is 13.4. The van der Waals surface area contributed by atoms with Crippen molar-refractivity contribution in [3.8, 4) is 0 Å². The van der Waals surface area contributed by atoms with Gasteiger partial charge in [0, 0.05) is 18.3 Å². The Labute approximate surface area is 307 Å². The smallest absolute Gasteiger partial charge is 0.306 e. The zero-order valence-corrected chi connectivity index (χ0v) is 33.3. The van der Waals surface area contributed by atoms with Crippen LogP contribution in [0.15, 0.2) is 48.1 Å². The first-order valence-corrected chi connectivity index (χ1v) is 21.2. The van der Waals surface area contributed by atoms with Crippen LogP contribution in [0, 0.1) is 46.3 Å². The maximum Gasteiger partial charge on any atom is 0.306 e. The molecule has 0 spiro atoms. The van der Waals surface area contributed by atoms with E-state index in [1.165, 1.54) is 63.4 Å². The molecule has 0 saturated heterocycles. The zero-order chi connectivity index (χ0) is 36.4. The van der Waals surface area contributed by atoms with Crippen LogP contribution in [0.3, 0.4) is 0 Å². The molecule has 0 unspecified atom stereocenters. The first-order chi connectivity index (χ1) is 23.9. The summed E-state index contributed by atoms with van der Waals surface area (Å²) in [6, 6.07) is 0. The molecule has 284 valence electrons. The highest BCUT2D eigenvalue weighted by molar-refractivity contribution is 5.70. The summed E-state index contributed by atoms with van der Waals surface area (Å²) in [6.45, 7) is 16.4. The summed E-state index contributed by atoms with van der Waals surface area (Å²) in [5, 5.41) is 23.3. The molecule has 4 aliphatic rings. The first kappa shape index (κ1) is 41.1. The minimum absolute atomic E-state index is 0.198. The van der Waals surface area contributed by atoms with Crippen molar-refractivity contribution >= 4 is 5.97 Å². The number of carbonyl (C=O) groups is 1. The molecular formula is C46H76O4. The standard InChI is InChI=1S/C46H76O4/c1-8-9-10-11-12-13-14-15-16-17-18-19-20-21-22-23-43(48)50-42-32-38-40-27-26-39(36(5)25-24-35(4)34(2)3)44(40,6)30-29-41(38)45(7)31-28-37(47)33-46(42,45)49/h11-12,14-15,24-25,32,34-37,39-42,47,49H,8-10,13,16-23,26-31,33H2,1-7H3/b12-11-,15-14-,25-24+/t35-,36+,37-,39+,40-,41-,42-,44+,45+,46-/m0/s1. The maximum atomic E-state index is 13.4. The fourth-order valence-electron chi connectivity index (χ4n) is 10.5. The van der Waals surface area contributed by atoms with Gasteiger partial charge in [-0.15, -0.1) is 0 Å². The fourth-order valence-corrected chi connectivity index (χ4v) is 10.5. The van der Waals surface area contributed by atoms with E-state index in [4.69, 9.17) is 4.74 Å². The molecule has 4 nitrogen and oxygen atoms in total. The van der Waals surface area contributed by atoms with Crippen LogP contribution in [0.4, 0.5) is 0 Å². The van der Waals surface area contributed by atoms with Gasteiger partial charge in [-0.05, 0) is 118 Å². The summed E-state index contributed by atoms with van der Waals surface area (Å²) in [5.74, 6) is 2.93. The Morgan fingerprint density at radius 1 is 0.860 bits per heavy atom. The number of unbranched alkanes of at least 4 members (excludes halogenated alkanes) is 8. The number of carbonyl (C=O) groups excluding carboxylic acids is 1. The molecule has 50 heavy (non-hydrogen) atoms. The van der Waals surface area contributed by atoms with E-state index in [0.717, 1.165) is 44.9 Å². The molecule has 0 heterocycles. The van der Waals surface area contributed by atoms with E-state index in [2.05, 4.69) is 91.0 Å². The van der Waals surface area contributed by atoms with E-state index in [1.807, 2.05) is 0 Å². The zero-order valence-electron chi connectivity index (χ0n) is 33.3. The van der Waals surface area contributed by atoms with Crippen molar-refractivity contribution < 1.29 is 19.7 Å². The van der Waals surface area contributed by atoms with Gasteiger partial charge < -0.3 is 14.9 Å². The van der Waals surface area contributed by atoms with Gasteiger partial charge in [0.2, 0.25) is 0 Å². The average Bonchev–Trinajstić information content (AvgIpc) is 3.43. The van der Waals surface area contributed by atoms with Crippen LogP contribution in [0.5, 0.6) is 0 Å². The quantitative estimate of drug-likeness (QED) is 0.0803. The minimum Gasteiger partial charge on any atom is -0.455 e. The molecule has 0 radical (unpaired) electrons. The topological polar surface area (TPSA) is 66.8 Å². The molecule has 4 aliphatic carbocycles. The van der Waals surface area contributed by atoms with Gasteiger partial charge in [-0.2, -0.15) is 0 Å². The highest BCUT2D eigenvalue weighted by atomic mass is 16.6. The van der Waals surface area contributed by atoms with Gasteiger partial charge in [0.1, 0.15) is 11.7 Å². The van der Waals surface area contributed by atoms with Crippen LogP contribution in [-0.4, -0.2) is 34.0 Å². The van der Waals surface area contributed by atoms with Crippen LogP contribution in [0.25, 0.3) is 0 Å². The van der Waals surface area contributed by atoms with E-state index in [-0.39, 0.29) is 23.7 Å².